The molecule has 4 rings (SSSR count). The van der Waals surface area contributed by atoms with Crippen molar-refractivity contribution in [2.75, 3.05) is 25.5 Å². The normalized spacial score (nSPS) is 14.5. The van der Waals surface area contributed by atoms with Crippen LogP contribution in [0.3, 0.4) is 0 Å². The molecule has 1 aliphatic heterocycles. The van der Waals surface area contributed by atoms with Crippen LogP contribution < -0.4 is 16.2 Å². The van der Waals surface area contributed by atoms with Crippen molar-refractivity contribution in [3.63, 3.8) is 0 Å². The summed E-state index contributed by atoms with van der Waals surface area (Å²) in [6, 6.07) is 5.99. The molecular formula is C22H23N7O4. The van der Waals surface area contributed by atoms with Crippen LogP contribution in [0.15, 0.2) is 41.5 Å². The van der Waals surface area contributed by atoms with Gasteiger partial charge in [0.2, 0.25) is 5.91 Å². The lowest BCUT2D eigenvalue weighted by molar-refractivity contribution is -0.142. The van der Waals surface area contributed by atoms with Gasteiger partial charge in [-0.1, -0.05) is 13.8 Å². The molecular weight excluding hydrogens is 426 g/mol. The highest BCUT2D eigenvalue weighted by Gasteiger charge is 2.37. The Labute approximate surface area is 188 Å². The number of likely N-dealkylation sites (tertiary alicyclic amines) is 1. The number of nitrogens with zero attached hydrogens (tertiary/aromatic N) is 5. The van der Waals surface area contributed by atoms with Gasteiger partial charge in [0.25, 0.3) is 17.4 Å². The average molecular weight is 449 g/mol. The molecule has 11 nitrogen and oxygen atoms in total. The van der Waals surface area contributed by atoms with E-state index in [0.717, 1.165) is 4.57 Å². The van der Waals surface area contributed by atoms with E-state index in [1.165, 1.54) is 31.6 Å². The van der Waals surface area contributed by atoms with E-state index in [-0.39, 0.29) is 45.8 Å². The zero-order valence-corrected chi connectivity index (χ0v) is 18.5. The molecule has 1 fully saturated rings. The van der Waals surface area contributed by atoms with Gasteiger partial charge in [-0.05, 0) is 29.7 Å². The Kier molecular flexibility index (Phi) is 5.62. The summed E-state index contributed by atoms with van der Waals surface area (Å²) >= 11 is 0. The second-order valence-electron chi connectivity index (χ2n) is 8.60. The first-order valence-corrected chi connectivity index (χ1v) is 10.3. The van der Waals surface area contributed by atoms with Gasteiger partial charge >= 0.3 is 0 Å². The molecule has 2 N–H and O–H groups in total. The van der Waals surface area contributed by atoms with Crippen LogP contribution in [-0.4, -0.2) is 62.5 Å². The van der Waals surface area contributed by atoms with Crippen LogP contribution in [0.5, 0.6) is 0 Å². The number of amides is 3. The van der Waals surface area contributed by atoms with Gasteiger partial charge in [0.1, 0.15) is 17.8 Å². The first-order chi connectivity index (χ1) is 15.7. The van der Waals surface area contributed by atoms with Gasteiger partial charge in [-0.3, -0.25) is 23.7 Å². The number of carbonyl (C=O) groups excluding carboxylic acids is 3. The number of nitrogens with one attached hydrogen (secondary N) is 2. The lowest BCUT2D eigenvalue weighted by atomic mass is 9.84. The van der Waals surface area contributed by atoms with Crippen molar-refractivity contribution >= 4 is 34.6 Å². The van der Waals surface area contributed by atoms with Crippen molar-refractivity contribution < 1.29 is 14.4 Å². The van der Waals surface area contributed by atoms with Crippen molar-refractivity contribution in [3.05, 3.63) is 58.1 Å². The second kappa shape index (κ2) is 8.41. The van der Waals surface area contributed by atoms with Crippen molar-refractivity contribution in [2.24, 2.45) is 5.41 Å². The third kappa shape index (κ3) is 4.29. The van der Waals surface area contributed by atoms with Crippen LogP contribution in [0.1, 0.15) is 34.6 Å². The minimum absolute atomic E-state index is 0.0243. The molecule has 3 aromatic rings. The van der Waals surface area contributed by atoms with Gasteiger partial charge in [-0.25, -0.2) is 4.98 Å². The first-order valence-electron chi connectivity index (χ1n) is 10.3. The molecule has 0 aliphatic carbocycles. The highest BCUT2D eigenvalue weighted by Crippen LogP contribution is 2.29. The first kappa shape index (κ1) is 22.1. The maximum absolute atomic E-state index is 13.1. The SMILES string of the molecule is CNC(=O)c1cc2c(C(=O)Nc3cccnn3)ccnc2n(CC(=O)N2CC(C)(C)C2)c1=O. The lowest BCUT2D eigenvalue weighted by Gasteiger charge is -2.45. The molecule has 11 heteroatoms. The van der Waals surface area contributed by atoms with Gasteiger partial charge in [0, 0.05) is 37.9 Å². The number of fused-ring (bicyclic) bond motifs is 1. The van der Waals surface area contributed by atoms with Crippen LogP contribution in [0, 0.1) is 5.41 Å². The molecule has 33 heavy (non-hydrogen) atoms. The smallest absolute Gasteiger partial charge is 0.265 e. The van der Waals surface area contributed by atoms with Crippen LogP contribution in [0.25, 0.3) is 11.0 Å². The molecule has 1 saturated heterocycles. The van der Waals surface area contributed by atoms with Crippen LogP contribution in [0.2, 0.25) is 0 Å². The highest BCUT2D eigenvalue weighted by atomic mass is 16.2. The Bertz CT molecular complexity index is 1310. The predicted molar refractivity (Wildman–Crippen MR) is 120 cm³/mol. The summed E-state index contributed by atoms with van der Waals surface area (Å²) in [5.74, 6) is -1.17. The molecule has 0 aromatic carbocycles. The van der Waals surface area contributed by atoms with Gasteiger partial charge in [-0.15, -0.1) is 5.10 Å². The van der Waals surface area contributed by atoms with E-state index in [9.17, 15) is 19.2 Å². The van der Waals surface area contributed by atoms with Crippen molar-refractivity contribution in [3.8, 4) is 0 Å². The Hall–Kier alpha value is -4.15. The van der Waals surface area contributed by atoms with E-state index < -0.39 is 17.4 Å². The molecule has 3 amide bonds. The van der Waals surface area contributed by atoms with Crippen molar-refractivity contribution in [1.82, 2.24) is 30.0 Å². The molecule has 0 spiro atoms. The average Bonchev–Trinajstić information content (AvgIpc) is 2.78. The molecule has 170 valence electrons. The number of hydrogen-bond acceptors (Lipinski definition) is 7. The van der Waals surface area contributed by atoms with E-state index in [1.54, 1.807) is 17.0 Å². The summed E-state index contributed by atoms with van der Waals surface area (Å²) in [6.45, 7) is 4.96. The molecule has 0 radical (unpaired) electrons. The third-order valence-electron chi connectivity index (χ3n) is 5.40. The summed E-state index contributed by atoms with van der Waals surface area (Å²) in [5, 5.41) is 12.9. The van der Waals surface area contributed by atoms with E-state index in [2.05, 4.69) is 25.8 Å². The van der Waals surface area contributed by atoms with Crippen molar-refractivity contribution in [2.45, 2.75) is 20.4 Å². The maximum atomic E-state index is 13.1. The number of anilines is 1. The zero-order valence-electron chi connectivity index (χ0n) is 18.5. The number of carbonyl (C=O) groups is 3. The summed E-state index contributed by atoms with van der Waals surface area (Å²) in [7, 11) is 1.40. The summed E-state index contributed by atoms with van der Waals surface area (Å²) in [6.07, 6.45) is 2.85. The minimum atomic E-state index is -0.658. The third-order valence-corrected chi connectivity index (χ3v) is 5.40. The van der Waals surface area contributed by atoms with Gasteiger partial charge in [-0.2, -0.15) is 5.10 Å². The lowest BCUT2D eigenvalue weighted by Crippen LogP contribution is -2.56. The van der Waals surface area contributed by atoms with Crippen LogP contribution in [0.4, 0.5) is 5.82 Å². The molecule has 3 aromatic heterocycles. The minimum Gasteiger partial charge on any atom is -0.355 e. The fourth-order valence-electron chi connectivity index (χ4n) is 3.86. The topological polar surface area (TPSA) is 139 Å². The molecule has 0 saturated carbocycles. The number of aromatic nitrogens is 4. The van der Waals surface area contributed by atoms with E-state index in [1.807, 2.05) is 13.8 Å². The van der Waals surface area contributed by atoms with E-state index in [4.69, 9.17) is 0 Å². The van der Waals surface area contributed by atoms with Crippen LogP contribution in [-0.2, 0) is 11.3 Å². The van der Waals surface area contributed by atoms with E-state index >= 15 is 0 Å². The summed E-state index contributed by atoms with van der Waals surface area (Å²) in [5.41, 5.74) is -0.525. The Balaban J connectivity index is 1.79. The van der Waals surface area contributed by atoms with Gasteiger partial charge < -0.3 is 15.5 Å². The molecule has 1 aliphatic rings. The molecule has 0 bridgehead atoms. The maximum Gasteiger partial charge on any atom is 0.265 e. The molecule has 0 atom stereocenters. The van der Waals surface area contributed by atoms with E-state index in [0.29, 0.717) is 13.1 Å². The van der Waals surface area contributed by atoms with Crippen LogP contribution >= 0.6 is 0 Å². The fourth-order valence-corrected chi connectivity index (χ4v) is 3.86. The molecule has 0 unspecified atom stereocenters. The van der Waals surface area contributed by atoms with Crippen molar-refractivity contribution in [1.29, 1.82) is 0 Å². The quantitative estimate of drug-likeness (QED) is 0.583. The van der Waals surface area contributed by atoms with Gasteiger partial charge in [0.15, 0.2) is 5.82 Å². The summed E-state index contributed by atoms with van der Waals surface area (Å²) in [4.78, 5) is 57.2. The number of pyridine rings is 2. The monoisotopic (exact) mass is 449 g/mol. The number of rotatable bonds is 5. The predicted octanol–water partition coefficient (Wildman–Crippen LogP) is 0.667. The Morgan fingerprint density at radius 1 is 1.09 bits per heavy atom. The van der Waals surface area contributed by atoms with Gasteiger partial charge in [0.05, 0.1) is 5.56 Å². The standard InChI is InChI=1S/C22H23N7O4/c1-22(2)11-28(12-22)17(30)10-29-18-14(9-15(21(29)33)19(31)23-3)13(6-8-24-18)20(32)26-16-5-4-7-25-27-16/h4-9H,10-12H2,1-3H3,(H,23,31)(H,26,27,32). The fraction of sp³-hybridized carbons (Fsp3) is 0.318. The second-order valence-corrected chi connectivity index (χ2v) is 8.60. The summed E-state index contributed by atoms with van der Waals surface area (Å²) < 4.78 is 1.15. The Morgan fingerprint density at radius 3 is 2.48 bits per heavy atom. The Morgan fingerprint density at radius 2 is 1.85 bits per heavy atom. The zero-order chi connectivity index (χ0) is 23.8. The highest BCUT2D eigenvalue weighted by molar-refractivity contribution is 6.12. The number of hydrogen-bond donors (Lipinski definition) is 2. The largest absolute Gasteiger partial charge is 0.355 e. The molecule has 4 heterocycles.